The van der Waals surface area contributed by atoms with Crippen molar-refractivity contribution < 1.29 is 18.0 Å². The van der Waals surface area contributed by atoms with E-state index in [-0.39, 0.29) is 11.4 Å². The van der Waals surface area contributed by atoms with Crippen LogP contribution >= 0.6 is 23.2 Å². The van der Waals surface area contributed by atoms with E-state index in [9.17, 15) is 18.0 Å². The highest BCUT2D eigenvalue weighted by Crippen LogP contribution is 2.30. The predicted molar refractivity (Wildman–Crippen MR) is 80.2 cm³/mol. The lowest BCUT2D eigenvalue weighted by Gasteiger charge is -2.09. The predicted octanol–water partition coefficient (Wildman–Crippen LogP) is 5.19. The van der Waals surface area contributed by atoms with Gasteiger partial charge in [0, 0.05) is 0 Å². The normalized spacial score (nSPS) is 11.3. The number of amides is 1. The maximum Gasteiger partial charge on any atom is 0.416 e. The molecule has 7 heteroatoms. The van der Waals surface area contributed by atoms with Gasteiger partial charge in [0.15, 0.2) is 0 Å². The summed E-state index contributed by atoms with van der Waals surface area (Å²) in [6.07, 6.45) is -4.46. The minimum absolute atomic E-state index is 0.0685. The fraction of sp³-hybridized carbons (Fsp3) is 0.133. The Morgan fingerprint density at radius 2 is 1.68 bits per heavy atom. The van der Waals surface area contributed by atoms with E-state index in [2.05, 4.69) is 5.32 Å². The number of benzene rings is 2. The molecule has 0 fully saturated rings. The van der Waals surface area contributed by atoms with E-state index in [4.69, 9.17) is 23.2 Å². The molecule has 2 aromatic rings. The smallest absolute Gasteiger partial charge is 0.324 e. The van der Waals surface area contributed by atoms with Gasteiger partial charge in [0.05, 0.1) is 27.7 Å². The first-order valence-corrected chi connectivity index (χ1v) is 6.93. The second-order valence-corrected chi connectivity index (χ2v) is 5.31. The zero-order valence-electron chi connectivity index (χ0n) is 11.0. The molecule has 0 saturated carbocycles. The molecule has 0 spiro atoms. The van der Waals surface area contributed by atoms with Crippen molar-refractivity contribution in [1.29, 1.82) is 0 Å². The van der Waals surface area contributed by atoms with Crippen molar-refractivity contribution in [2.45, 2.75) is 12.6 Å². The lowest BCUT2D eigenvalue weighted by Crippen LogP contribution is -2.15. The van der Waals surface area contributed by atoms with Crippen LogP contribution < -0.4 is 5.32 Å². The van der Waals surface area contributed by atoms with Gasteiger partial charge < -0.3 is 5.32 Å². The molecule has 22 heavy (non-hydrogen) atoms. The Morgan fingerprint density at radius 1 is 1.05 bits per heavy atom. The molecule has 2 rings (SSSR count). The Morgan fingerprint density at radius 3 is 2.27 bits per heavy atom. The van der Waals surface area contributed by atoms with Crippen LogP contribution in [0.2, 0.25) is 10.0 Å². The first-order valence-electron chi connectivity index (χ1n) is 6.17. The Hall–Kier alpha value is -1.72. The molecule has 0 heterocycles. The van der Waals surface area contributed by atoms with Crippen LogP contribution in [0.5, 0.6) is 0 Å². The molecule has 0 atom stereocenters. The Labute approximate surface area is 134 Å². The van der Waals surface area contributed by atoms with Gasteiger partial charge in [-0.05, 0) is 29.8 Å². The third-order valence-electron chi connectivity index (χ3n) is 2.87. The molecular formula is C15H10Cl2F3NO. The van der Waals surface area contributed by atoms with Gasteiger partial charge in [-0.15, -0.1) is 0 Å². The van der Waals surface area contributed by atoms with Crippen LogP contribution in [0.25, 0.3) is 0 Å². The molecule has 2 nitrogen and oxygen atoms in total. The summed E-state index contributed by atoms with van der Waals surface area (Å²) in [5, 5.41) is 3.08. The molecule has 1 N–H and O–H groups in total. The maximum atomic E-state index is 12.4. The first-order chi connectivity index (χ1) is 10.3. The van der Waals surface area contributed by atoms with Gasteiger partial charge in [-0.3, -0.25) is 4.79 Å². The van der Waals surface area contributed by atoms with E-state index in [1.165, 1.54) is 12.1 Å². The number of alkyl halides is 3. The van der Waals surface area contributed by atoms with E-state index >= 15 is 0 Å². The van der Waals surface area contributed by atoms with E-state index in [0.717, 1.165) is 12.1 Å². The fourth-order valence-electron chi connectivity index (χ4n) is 1.79. The van der Waals surface area contributed by atoms with Crippen LogP contribution in [-0.2, 0) is 17.4 Å². The minimum Gasteiger partial charge on any atom is -0.324 e. The molecule has 0 radical (unpaired) electrons. The molecule has 0 aliphatic rings. The highest BCUT2D eigenvalue weighted by Gasteiger charge is 2.29. The van der Waals surface area contributed by atoms with Crippen molar-refractivity contribution in [3.8, 4) is 0 Å². The summed E-state index contributed by atoms with van der Waals surface area (Å²) < 4.78 is 37.3. The quantitative estimate of drug-likeness (QED) is 0.812. The number of carbonyl (C=O) groups excluding carboxylic acids is 1. The first kappa shape index (κ1) is 16.6. The third kappa shape index (κ3) is 4.15. The summed E-state index contributed by atoms with van der Waals surface area (Å²) >= 11 is 11.8. The van der Waals surface area contributed by atoms with Crippen molar-refractivity contribution in [1.82, 2.24) is 0 Å². The second kappa shape index (κ2) is 6.58. The molecule has 0 aliphatic heterocycles. The van der Waals surface area contributed by atoms with Gasteiger partial charge in [-0.25, -0.2) is 0 Å². The van der Waals surface area contributed by atoms with Gasteiger partial charge in [0.1, 0.15) is 0 Å². The number of hydrogen-bond donors (Lipinski definition) is 1. The van der Waals surface area contributed by atoms with Gasteiger partial charge in [0.25, 0.3) is 0 Å². The van der Waals surface area contributed by atoms with Crippen molar-refractivity contribution in [3.63, 3.8) is 0 Å². The molecular weight excluding hydrogens is 338 g/mol. The molecule has 2 aromatic carbocycles. The zero-order chi connectivity index (χ0) is 16.3. The van der Waals surface area contributed by atoms with Crippen molar-refractivity contribution in [3.05, 3.63) is 63.6 Å². The molecule has 116 valence electrons. The third-order valence-corrected chi connectivity index (χ3v) is 3.69. The number of hydrogen-bond acceptors (Lipinski definition) is 1. The molecule has 0 bridgehead atoms. The van der Waals surface area contributed by atoms with E-state index in [0.29, 0.717) is 16.3 Å². The number of anilines is 1. The number of carbonyl (C=O) groups is 1. The van der Waals surface area contributed by atoms with E-state index in [1.807, 2.05) is 0 Å². The maximum absolute atomic E-state index is 12.4. The monoisotopic (exact) mass is 347 g/mol. The van der Waals surface area contributed by atoms with Crippen LogP contribution in [0.1, 0.15) is 11.1 Å². The van der Waals surface area contributed by atoms with Crippen LogP contribution in [0.4, 0.5) is 18.9 Å². The topological polar surface area (TPSA) is 29.1 Å². The summed E-state index contributed by atoms with van der Waals surface area (Å²) in [5.41, 5.74) is 0.0595. The summed E-state index contributed by atoms with van der Waals surface area (Å²) in [6.45, 7) is 0. The van der Waals surface area contributed by atoms with Crippen LogP contribution in [0.3, 0.4) is 0 Å². The second-order valence-electron chi connectivity index (χ2n) is 4.52. The average Bonchev–Trinajstić information content (AvgIpc) is 2.43. The highest BCUT2D eigenvalue weighted by molar-refractivity contribution is 6.43. The Balaban J connectivity index is 2.05. The number of halogens is 5. The lowest BCUT2D eigenvalue weighted by atomic mass is 10.1. The number of rotatable bonds is 3. The summed E-state index contributed by atoms with van der Waals surface area (Å²) in [5.74, 6) is -0.399. The fourth-order valence-corrected chi connectivity index (χ4v) is 2.14. The molecule has 0 unspecified atom stereocenters. The van der Waals surface area contributed by atoms with Crippen LogP contribution in [0.15, 0.2) is 42.5 Å². The minimum atomic E-state index is -4.39. The van der Waals surface area contributed by atoms with Crippen LogP contribution in [-0.4, -0.2) is 5.91 Å². The van der Waals surface area contributed by atoms with Crippen LogP contribution in [0, 0.1) is 0 Å². The SMILES string of the molecule is O=C(Cc1ccc(C(F)(F)F)cc1)Nc1cccc(Cl)c1Cl. The van der Waals surface area contributed by atoms with Crippen molar-refractivity contribution in [2.75, 3.05) is 5.32 Å². The number of nitrogens with one attached hydrogen (secondary N) is 1. The average molecular weight is 348 g/mol. The summed E-state index contributed by atoms with van der Waals surface area (Å²) in [7, 11) is 0. The van der Waals surface area contributed by atoms with E-state index < -0.39 is 17.6 Å². The van der Waals surface area contributed by atoms with Gasteiger partial charge in [-0.2, -0.15) is 13.2 Å². The van der Waals surface area contributed by atoms with Crippen molar-refractivity contribution in [2.24, 2.45) is 0 Å². The van der Waals surface area contributed by atoms with Gasteiger partial charge in [-0.1, -0.05) is 41.4 Å². The van der Waals surface area contributed by atoms with E-state index in [1.54, 1.807) is 18.2 Å². The van der Waals surface area contributed by atoms with Gasteiger partial charge in [0.2, 0.25) is 5.91 Å². The van der Waals surface area contributed by atoms with Crippen molar-refractivity contribution >= 4 is 34.8 Å². The van der Waals surface area contributed by atoms with Gasteiger partial charge >= 0.3 is 6.18 Å². The highest BCUT2D eigenvalue weighted by atomic mass is 35.5. The Kier molecular flexibility index (Phi) is 4.98. The molecule has 0 aromatic heterocycles. The Bertz CT molecular complexity index is 684. The zero-order valence-corrected chi connectivity index (χ0v) is 12.6. The lowest BCUT2D eigenvalue weighted by molar-refractivity contribution is -0.137. The molecule has 1 amide bonds. The molecule has 0 aliphatic carbocycles. The molecule has 0 saturated heterocycles. The standard InChI is InChI=1S/C15H10Cl2F3NO/c16-11-2-1-3-12(14(11)17)21-13(22)8-9-4-6-10(7-5-9)15(18,19)20/h1-7H,8H2,(H,21,22). The largest absolute Gasteiger partial charge is 0.416 e. The summed E-state index contributed by atoms with van der Waals surface area (Å²) in [4.78, 5) is 11.9. The summed E-state index contributed by atoms with van der Waals surface area (Å²) in [6, 6.07) is 9.20.